The number of nitrogens with one attached hydrogen (secondary N) is 1. The van der Waals surface area contributed by atoms with Crippen LogP contribution in [0, 0.1) is 6.92 Å². The van der Waals surface area contributed by atoms with Crippen LogP contribution < -0.4 is 19.5 Å². The third kappa shape index (κ3) is 5.51. The van der Waals surface area contributed by atoms with E-state index in [1.54, 1.807) is 18.2 Å². The van der Waals surface area contributed by atoms with Crippen molar-refractivity contribution < 1.29 is 28.5 Å². The van der Waals surface area contributed by atoms with E-state index in [0.29, 0.717) is 28.5 Å². The largest absolute Gasteiger partial charge is 0.496 e. The van der Waals surface area contributed by atoms with Crippen LogP contribution in [0.3, 0.4) is 0 Å². The molecule has 1 N–H and O–H groups in total. The molecule has 0 heterocycles. The molecular weight excluding hydrogens is 362 g/mol. The Labute approximate surface area is 163 Å². The minimum absolute atomic E-state index is 0.388. The maximum atomic E-state index is 11.9. The quantitative estimate of drug-likeness (QED) is 0.555. The van der Waals surface area contributed by atoms with Crippen LogP contribution in [0.5, 0.6) is 17.2 Å². The zero-order chi connectivity index (χ0) is 20.5. The fourth-order valence-corrected chi connectivity index (χ4v) is 2.43. The lowest BCUT2D eigenvalue weighted by Crippen LogP contribution is -2.20. The van der Waals surface area contributed by atoms with E-state index in [-0.39, 0.29) is 6.61 Å². The number of carbonyl (C=O) groups is 2. The molecule has 0 saturated carbocycles. The summed E-state index contributed by atoms with van der Waals surface area (Å²) in [6.45, 7) is 1.49. The first-order valence-corrected chi connectivity index (χ1v) is 8.48. The summed E-state index contributed by atoms with van der Waals surface area (Å²) in [6.07, 6.45) is 2.73. The van der Waals surface area contributed by atoms with Crippen molar-refractivity contribution in [3.8, 4) is 17.2 Å². The van der Waals surface area contributed by atoms with Crippen LogP contribution >= 0.6 is 0 Å². The summed E-state index contributed by atoms with van der Waals surface area (Å²) in [6, 6.07) is 10.7. The summed E-state index contributed by atoms with van der Waals surface area (Å²) >= 11 is 0. The van der Waals surface area contributed by atoms with Crippen molar-refractivity contribution in [1.29, 1.82) is 0 Å². The molecule has 0 radical (unpaired) electrons. The summed E-state index contributed by atoms with van der Waals surface area (Å²) in [4.78, 5) is 23.9. The molecule has 148 valence electrons. The zero-order valence-corrected chi connectivity index (χ0v) is 16.3. The van der Waals surface area contributed by atoms with Crippen molar-refractivity contribution in [2.75, 3.05) is 33.3 Å². The first-order chi connectivity index (χ1) is 13.5. The highest BCUT2D eigenvalue weighted by molar-refractivity contribution is 5.95. The van der Waals surface area contributed by atoms with Crippen LogP contribution in [-0.4, -0.2) is 39.8 Å². The number of carbonyl (C=O) groups excluding carboxylic acids is 2. The Morgan fingerprint density at radius 3 is 2.25 bits per heavy atom. The number of hydrogen-bond donors (Lipinski definition) is 1. The fourth-order valence-electron chi connectivity index (χ4n) is 2.43. The van der Waals surface area contributed by atoms with Gasteiger partial charge in [0.2, 0.25) is 0 Å². The molecule has 0 spiro atoms. The van der Waals surface area contributed by atoms with Crippen molar-refractivity contribution in [2.45, 2.75) is 6.92 Å². The molecule has 0 aromatic heterocycles. The monoisotopic (exact) mass is 385 g/mol. The van der Waals surface area contributed by atoms with Gasteiger partial charge in [-0.25, -0.2) is 4.79 Å². The Morgan fingerprint density at radius 2 is 1.61 bits per heavy atom. The SMILES string of the molecule is COc1cc(OC)c(OC)cc1/C=C/C(=O)OCC(=O)Nc1ccccc1C. The lowest BCUT2D eigenvalue weighted by atomic mass is 10.1. The van der Waals surface area contributed by atoms with Crippen molar-refractivity contribution in [3.63, 3.8) is 0 Å². The third-order valence-electron chi connectivity index (χ3n) is 3.90. The molecule has 2 rings (SSSR count). The van der Waals surface area contributed by atoms with Gasteiger partial charge >= 0.3 is 5.97 Å². The predicted molar refractivity (Wildman–Crippen MR) is 106 cm³/mol. The number of rotatable bonds is 8. The molecule has 0 aliphatic heterocycles. The molecule has 0 aliphatic rings. The number of esters is 1. The van der Waals surface area contributed by atoms with Gasteiger partial charge in [0.1, 0.15) is 5.75 Å². The van der Waals surface area contributed by atoms with Gasteiger partial charge < -0.3 is 24.3 Å². The lowest BCUT2D eigenvalue weighted by Gasteiger charge is -2.12. The molecule has 28 heavy (non-hydrogen) atoms. The van der Waals surface area contributed by atoms with Gasteiger partial charge in [-0.2, -0.15) is 0 Å². The maximum absolute atomic E-state index is 11.9. The van der Waals surface area contributed by atoms with Crippen LogP contribution in [0.2, 0.25) is 0 Å². The molecule has 0 saturated heterocycles. The van der Waals surface area contributed by atoms with Crippen molar-refractivity contribution in [2.24, 2.45) is 0 Å². The van der Waals surface area contributed by atoms with Crippen LogP contribution in [-0.2, 0) is 14.3 Å². The fraction of sp³-hybridized carbons (Fsp3) is 0.238. The van der Waals surface area contributed by atoms with Crippen molar-refractivity contribution in [3.05, 3.63) is 53.6 Å². The van der Waals surface area contributed by atoms with Crippen LogP contribution in [0.1, 0.15) is 11.1 Å². The Hall–Kier alpha value is -3.48. The summed E-state index contributed by atoms with van der Waals surface area (Å²) in [5.41, 5.74) is 2.19. The van der Waals surface area contributed by atoms with Crippen LogP contribution in [0.25, 0.3) is 6.08 Å². The van der Waals surface area contributed by atoms with Crippen LogP contribution in [0.15, 0.2) is 42.5 Å². The van der Waals surface area contributed by atoms with Crippen LogP contribution in [0.4, 0.5) is 5.69 Å². The Kier molecular flexibility index (Phi) is 7.45. The number of benzene rings is 2. The standard InChI is InChI=1S/C21H23NO6/c1-14-7-5-6-8-16(14)22-20(23)13-28-21(24)10-9-15-11-18(26-3)19(27-4)12-17(15)25-2/h5-12H,13H2,1-4H3,(H,22,23)/b10-9+. The molecule has 7 heteroatoms. The molecular formula is C21H23NO6. The number of para-hydroxylation sites is 1. The van der Waals surface area contributed by atoms with Gasteiger partial charge in [0.15, 0.2) is 18.1 Å². The van der Waals surface area contributed by atoms with Gasteiger partial charge in [-0.3, -0.25) is 4.79 Å². The summed E-state index contributed by atoms with van der Waals surface area (Å²) in [5, 5.41) is 2.69. The minimum atomic E-state index is -0.656. The number of aryl methyl sites for hydroxylation is 1. The average Bonchev–Trinajstić information content (AvgIpc) is 2.71. The lowest BCUT2D eigenvalue weighted by molar-refractivity contribution is -0.142. The summed E-state index contributed by atoms with van der Waals surface area (Å²) < 4.78 is 20.7. The molecule has 1 amide bonds. The van der Waals surface area contributed by atoms with Gasteiger partial charge in [-0.15, -0.1) is 0 Å². The van der Waals surface area contributed by atoms with E-state index in [9.17, 15) is 9.59 Å². The Morgan fingerprint density at radius 1 is 0.964 bits per heavy atom. The van der Waals surface area contributed by atoms with Gasteiger partial charge in [0, 0.05) is 23.4 Å². The molecule has 0 atom stereocenters. The number of methoxy groups -OCH3 is 3. The molecule has 0 fully saturated rings. The van der Waals surface area contributed by atoms with E-state index >= 15 is 0 Å². The molecule has 0 bridgehead atoms. The molecule has 7 nitrogen and oxygen atoms in total. The van der Waals surface area contributed by atoms with Crippen molar-refractivity contribution >= 4 is 23.6 Å². The molecule has 2 aromatic rings. The summed E-state index contributed by atoms with van der Waals surface area (Å²) in [5.74, 6) is 0.427. The normalized spacial score (nSPS) is 10.4. The average molecular weight is 385 g/mol. The van der Waals surface area contributed by atoms with E-state index in [1.807, 2.05) is 25.1 Å². The second-order valence-corrected chi connectivity index (χ2v) is 5.75. The van der Waals surface area contributed by atoms with Crippen molar-refractivity contribution in [1.82, 2.24) is 0 Å². The smallest absolute Gasteiger partial charge is 0.331 e. The Balaban J connectivity index is 1.98. The van der Waals surface area contributed by atoms with Gasteiger partial charge in [0.25, 0.3) is 5.91 Å². The first-order valence-electron chi connectivity index (χ1n) is 8.48. The highest BCUT2D eigenvalue weighted by Gasteiger charge is 2.11. The van der Waals surface area contributed by atoms with E-state index in [0.717, 1.165) is 5.56 Å². The molecule has 2 aromatic carbocycles. The third-order valence-corrected chi connectivity index (χ3v) is 3.90. The zero-order valence-electron chi connectivity index (χ0n) is 16.3. The maximum Gasteiger partial charge on any atom is 0.331 e. The predicted octanol–water partition coefficient (Wildman–Crippen LogP) is 3.22. The van der Waals surface area contributed by atoms with Gasteiger partial charge in [-0.1, -0.05) is 18.2 Å². The highest BCUT2D eigenvalue weighted by atomic mass is 16.5. The molecule has 0 unspecified atom stereocenters. The minimum Gasteiger partial charge on any atom is -0.496 e. The van der Waals surface area contributed by atoms with E-state index in [4.69, 9.17) is 18.9 Å². The second-order valence-electron chi connectivity index (χ2n) is 5.75. The highest BCUT2D eigenvalue weighted by Crippen LogP contribution is 2.35. The second kappa shape index (κ2) is 10.0. The van der Waals surface area contributed by atoms with E-state index in [1.165, 1.54) is 33.5 Å². The van der Waals surface area contributed by atoms with E-state index in [2.05, 4.69) is 5.32 Å². The first kappa shape index (κ1) is 20.8. The van der Waals surface area contributed by atoms with Gasteiger partial charge in [0.05, 0.1) is 21.3 Å². The number of amides is 1. The number of hydrogen-bond acceptors (Lipinski definition) is 6. The Bertz CT molecular complexity index is 875. The number of ether oxygens (including phenoxy) is 4. The topological polar surface area (TPSA) is 83.1 Å². The van der Waals surface area contributed by atoms with Gasteiger partial charge in [-0.05, 0) is 30.7 Å². The van der Waals surface area contributed by atoms with E-state index < -0.39 is 11.9 Å². The number of anilines is 1. The molecule has 0 aliphatic carbocycles. The summed E-state index contributed by atoms with van der Waals surface area (Å²) in [7, 11) is 4.54.